The van der Waals surface area contributed by atoms with Gasteiger partial charge in [-0.2, -0.15) is 0 Å². The topological polar surface area (TPSA) is 9.23 Å². The Hall–Kier alpha value is -0.400. The lowest BCUT2D eigenvalue weighted by Gasteiger charge is -2.07. The van der Waals surface area contributed by atoms with E-state index in [2.05, 4.69) is 0 Å². The maximum absolute atomic E-state index is 5.94. The summed E-state index contributed by atoms with van der Waals surface area (Å²) < 4.78 is 5.64. The van der Waals surface area contributed by atoms with Gasteiger partial charge in [0.05, 0.1) is 5.88 Å². The molecule has 13 heavy (non-hydrogen) atoms. The smallest absolute Gasteiger partial charge is 0.127 e. The summed E-state index contributed by atoms with van der Waals surface area (Å²) in [6.07, 6.45) is 1.18. The molecule has 0 bridgehead atoms. The highest BCUT2D eigenvalue weighted by atomic mass is 35.5. The van der Waals surface area contributed by atoms with Crippen LogP contribution in [0.15, 0.2) is 12.1 Å². The molecule has 1 aromatic carbocycles. The fourth-order valence-electron chi connectivity index (χ4n) is 1.67. The molecule has 0 spiro atoms. The van der Waals surface area contributed by atoms with E-state index in [-0.39, 0.29) is 6.10 Å². The van der Waals surface area contributed by atoms with Crippen molar-refractivity contribution >= 4 is 23.2 Å². The van der Waals surface area contributed by atoms with Crippen LogP contribution < -0.4 is 4.74 Å². The molecule has 0 amide bonds. The third kappa shape index (κ3) is 1.63. The lowest BCUT2D eigenvalue weighted by Crippen LogP contribution is -2.05. The van der Waals surface area contributed by atoms with E-state index in [0.29, 0.717) is 5.88 Å². The van der Waals surface area contributed by atoms with E-state index in [1.54, 1.807) is 0 Å². The minimum Gasteiger partial charge on any atom is -0.490 e. The first-order valence-corrected chi connectivity index (χ1v) is 5.16. The molecule has 0 saturated heterocycles. The van der Waals surface area contributed by atoms with Crippen molar-refractivity contribution in [3.05, 3.63) is 28.3 Å². The number of fused-ring (bicyclic) bond motifs is 1. The van der Waals surface area contributed by atoms with Gasteiger partial charge in [-0.1, -0.05) is 11.6 Å². The van der Waals surface area contributed by atoms with E-state index in [1.165, 1.54) is 5.56 Å². The summed E-state index contributed by atoms with van der Waals surface area (Å²) >= 11 is 11.7. The van der Waals surface area contributed by atoms with Gasteiger partial charge in [0.1, 0.15) is 11.9 Å². The van der Waals surface area contributed by atoms with Crippen molar-refractivity contribution < 1.29 is 4.74 Å². The standard InChI is InChI=1S/C10H10Cl2O/c1-6-2-7-3-9(12)4-8(5-11)10(7)13-6/h3-4,6H,2,5H2,1H3. The van der Waals surface area contributed by atoms with Gasteiger partial charge in [-0.15, -0.1) is 11.6 Å². The van der Waals surface area contributed by atoms with Crippen LogP contribution in [0.1, 0.15) is 18.1 Å². The highest BCUT2D eigenvalue weighted by Gasteiger charge is 2.22. The Morgan fingerprint density at radius 1 is 1.54 bits per heavy atom. The average Bonchev–Trinajstić information content (AvgIpc) is 2.43. The third-order valence-electron chi connectivity index (χ3n) is 2.18. The van der Waals surface area contributed by atoms with Gasteiger partial charge in [0, 0.05) is 17.0 Å². The van der Waals surface area contributed by atoms with E-state index in [0.717, 1.165) is 22.8 Å². The summed E-state index contributed by atoms with van der Waals surface area (Å²) in [5.74, 6) is 1.39. The third-order valence-corrected chi connectivity index (χ3v) is 2.68. The van der Waals surface area contributed by atoms with Gasteiger partial charge in [-0.3, -0.25) is 0 Å². The van der Waals surface area contributed by atoms with Crippen LogP contribution in [0.3, 0.4) is 0 Å². The van der Waals surface area contributed by atoms with E-state index in [9.17, 15) is 0 Å². The predicted octanol–water partition coefficient (Wildman–Crippen LogP) is 3.40. The van der Waals surface area contributed by atoms with Crippen LogP contribution in [0.5, 0.6) is 5.75 Å². The summed E-state index contributed by atoms with van der Waals surface area (Å²) in [4.78, 5) is 0. The molecule has 3 heteroatoms. The molecule has 0 aliphatic carbocycles. The molecule has 0 aromatic heterocycles. The van der Waals surface area contributed by atoms with Gasteiger partial charge in [0.2, 0.25) is 0 Å². The fourth-order valence-corrected chi connectivity index (χ4v) is 2.13. The van der Waals surface area contributed by atoms with Crippen molar-refractivity contribution in [1.82, 2.24) is 0 Å². The zero-order valence-corrected chi connectivity index (χ0v) is 8.82. The van der Waals surface area contributed by atoms with E-state index in [4.69, 9.17) is 27.9 Å². The SMILES string of the molecule is CC1Cc2cc(Cl)cc(CCl)c2O1. The van der Waals surface area contributed by atoms with Gasteiger partial charge in [-0.05, 0) is 24.6 Å². The monoisotopic (exact) mass is 216 g/mol. The number of alkyl halides is 1. The molecule has 1 nitrogen and oxygen atoms in total. The fraction of sp³-hybridized carbons (Fsp3) is 0.400. The Morgan fingerprint density at radius 2 is 2.31 bits per heavy atom. The van der Waals surface area contributed by atoms with Crippen LogP contribution in [-0.2, 0) is 12.3 Å². The molecule has 2 rings (SSSR count). The molecule has 1 unspecified atom stereocenters. The van der Waals surface area contributed by atoms with Crippen LogP contribution in [0.25, 0.3) is 0 Å². The van der Waals surface area contributed by atoms with Crippen LogP contribution in [-0.4, -0.2) is 6.10 Å². The number of ether oxygens (including phenoxy) is 1. The molecule has 0 fully saturated rings. The maximum Gasteiger partial charge on any atom is 0.127 e. The van der Waals surface area contributed by atoms with Gasteiger partial charge < -0.3 is 4.74 Å². The first-order valence-electron chi connectivity index (χ1n) is 4.24. The Morgan fingerprint density at radius 3 is 3.00 bits per heavy atom. The van der Waals surface area contributed by atoms with Crippen LogP contribution in [0, 0.1) is 0 Å². The predicted molar refractivity (Wildman–Crippen MR) is 54.8 cm³/mol. The Balaban J connectivity index is 2.50. The first-order chi connectivity index (χ1) is 6.20. The highest BCUT2D eigenvalue weighted by molar-refractivity contribution is 6.31. The molecule has 70 valence electrons. The second kappa shape index (κ2) is 3.39. The Bertz CT molecular complexity index is 336. The summed E-state index contributed by atoms with van der Waals surface area (Å²) in [6.45, 7) is 2.05. The van der Waals surface area contributed by atoms with Gasteiger partial charge in [0.15, 0.2) is 0 Å². The number of benzene rings is 1. The van der Waals surface area contributed by atoms with Gasteiger partial charge >= 0.3 is 0 Å². The average molecular weight is 217 g/mol. The van der Waals surface area contributed by atoms with E-state index in [1.807, 2.05) is 19.1 Å². The molecular formula is C10H10Cl2O. The minimum absolute atomic E-state index is 0.246. The molecule has 0 saturated carbocycles. The zero-order chi connectivity index (χ0) is 9.42. The van der Waals surface area contributed by atoms with Gasteiger partial charge in [-0.25, -0.2) is 0 Å². The minimum atomic E-state index is 0.246. The van der Waals surface area contributed by atoms with Crippen molar-refractivity contribution in [3.8, 4) is 5.75 Å². The van der Waals surface area contributed by atoms with Crippen molar-refractivity contribution in [1.29, 1.82) is 0 Å². The summed E-state index contributed by atoms with van der Waals surface area (Å²) in [5, 5.41) is 0.743. The summed E-state index contributed by atoms with van der Waals surface area (Å²) in [7, 11) is 0. The molecule has 1 aromatic rings. The maximum atomic E-state index is 5.94. The second-order valence-electron chi connectivity index (χ2n) is 3.32. The largest absolute Gasteiger partial charge is 0.490 e. The summed E-state index contributed by atoms with van der Waals surface area (Å²) in [5.41, 5.74) is 2.17. The Kier molecular flexibility index (Phi) is 2.39. The Labute approximate surface area is 87.6 Å². The molecule has 1 heterocycles. The van der Waals surface area contributed by atoms with Crippen molar-refractivity contribution in [2.24, 2.45) is 0 Å². The highest BCUT2D eigenvalue weighted by Crippen LogP contribution is 2.35. The molecule has 1 atom stereocenters. The lowest BCUT2D eigenvalue weighted by molar-refractivity contribution is 0.253. The first kappa shape index (κ1) is 9.17. The quantitative estimate of drug-likeness (QED) is 0.655. The molecule has 0 radical (unpaired) electrons. The number of hydrogen-bond donors (Lipinski definition) is 0. The number of hydrogen-bond acceptors (Lipinski definition) is 1. The van der Waals surface area contributed by atoms with E-state index < -0.39 is 0 Å². The van der Waals surface area contributed by atoms with Crippen LogP contribution in [0.4, 0.5) is 0 Å². The van der Waals surface area contributed by atoms with Crippen molar-refractivity contribution in [2.45, 2.75) is 25.3 Å². The number of rotatable bonds is 1. The van der Waals surface area contributed by atoms with Gasteiger partial charge in [0.25, 0.3) is 0 Å². The zero-order valence-electron chi connectivity index (χ0n) is 7.31. The van der Waals surface area contributed by atoms with Crippen molar-refractivity contribution in [2.75, 3.05) is 0 Å². The van der Waals surface area contributed by atoms with Crippen LogP contribution >= 0.6 is 23.2 Å². The lowest BCUT2D eigenvalue weighted by atomic mass is 10.1. The van der Waals surface area contributed by atoms with Crippen LogP contribution in [0.2, 0.25) is 5.02 Å². The molecule has 0 N–H and O–H groups in total. The second-order valence-corrected chi connectivity index (χ2v) is 4.02. The molecular weight excluding hydrogens is 207 g/mol. The van der Waals surface area contributed by atoms with E-state index >= 15 is 0 Å². The normalized spacial score (nSPS) is 19.8. The molecule has 1 aliphatic heterocycles. The molecule has 1 aliphatic rings. The summed E-state index contributed by atoms with van der Waals surface area (Å²) in [6, 6.07) is 3.82. The van der Waals surface area contributed by atoms with Crippen molar-refractivity contribution in [3.63, 3.8) is 0 Å². The number of halogens is 2.